The number of nitrogens with one attached hydrogen (secondary N) is 1. The quantitative estimate of drug-likeness (QED) is 0.738. The SMILES string of the molecule is CC(=O)NC1CCCN(C(=O)CN2CC(O)(C3CC3)C2)C1. The van der Waals surface area contributed by atoms with Gasteiger partial charge >= 0.3 is 0 Å². The van der Waals surface area contributed by atoms with E-state index in [1.165, 1.54) is 6.92 Å². The Morgan fingerprint density at radius 3 is 2.62 bits per heavy atom. The zero-order chi connectivity index (χ0) is 15.0. The highest BCUT2D eigenvalue weighted by Crippen LogP contribution is 2.44. The average Bonchev–Trinajstić information content (AvgIpc) is 3.20. The van der Waals surface area contributed by atoms with Gasteiger partial charge in [-0.15, -0.1) is 0 Å². The van der Waals surface area contributed by atoms with Gasteiger partial charge in [-0.1, -0.05) is 0 Å². The van der Waals surface area contributed by atoms with Crippen LogP contribution in [0.1, 0.15) is 32.6 Å². The summed E-state index contributed by atoms with van der Waals surface area (Å²) < 4.78 is 0. The molecule has 1 saturated carbocycles. The minimum Gasteiger partial charge on any atom is -0.387 e. The Morgan fingerprint density at radius 2 is 2.00 bits per heavy atom. The summed E-state index contributed by atoms with van der Waals surface area (Å²) in [5, 5.41) is 13.2. The van der Waals surface area contributed by atoms with Crippen molar-refractivity contribution in [2.45, 2.75) is 44.2 Å². The van der Waals surface area contributed by atoms with Crippen LogP contribution in [0, 0.1) is 5.92 Å². The number of hydrogen-bond donors (Lipinski definition) is 2. The highest BCUT2D eigenvalue weighted by molar-refractivity contribution is 5.79. The maximum atomic E-state index is 12.3. The van der Waals surface area contributed by atoms with Gasteiger partial charge in [-0.2, -0.15) is 0 Å². The van der Waals surface area contributed by atoms with E-state index in [1.54, 1.807) is 0 Å². The lowest BCUT2D eigenvalue weighted by Crippen LogP contribution is -2.65. The Balaban J connectivity index is 1.44. The third-order valence-electron chi connectivity index (χ3n) is 4.87. The number of piperidine rings is 1. The van der Waals surface area contributed by atoms with E-state index in [0.29, 0.717) is 32.1 Å². The third kappa shape index (κ3) is 3.37. The van der Waals surface area contributed by atoms with Crippen LogP contribution in [0.4, 0.5) is 0 Å². The first kappa shape index (κ1) is 14.8. The summed E-state index contributed by atoms with van der Waals surface area (Å²) in [6, 6.07) is 0.0833. The van der Waals surface area contributed by atoms with Crippen molar-refractivity contribution in [2.75, 3.05) is 32.7 Å². The zero-order valence-electron chi connectivity index (χ0n) is 12.7. The molecular formula is C15H25N3O3. The Bertz CT molecular complexity index is 430. The number of carbonyl (C=O) groups excluding carboxylic acids is 2. The molecule has 2 N–H and O–H groups in total. The Labute approximate surface area is 125 Å². The highest BCUT2D eigenvalue weighted by atomic mass is 16.3. The third-order valence-corrected chi connectivity index (χ3v) is 4.87. The van der Waals surface area contributed by atoms with Crippen molar-refractivity contribution < 1.29 is 14.7 Å². The monoisotopic (exact) mass is 295 g/mol. The maximum Gasteiger partial charge on any atom is 0.236 e. The first-order valence-corrected chi connectivity index (χ1v) is 7.96. The molecule has 2 amide bonds. The molecule has 0 radical (unpaired) electrons. The van der Waals surface area contributed by atoms with Gasteiger partial charge in [-0.3, -0.25) is 14.5 Å². The van der Waals surface area contributed by atoms with Gasteiger partial charge in [0.1, 0.15) is 0 Å². The van der Waals surface area contributed by atoms with Gasteiger partial charge in [0, 0.05) is 39.1 Å². The maximum absolute atomic E-state index is 12.3. The highest BCUT2D eigenvalue weighted by Gasteiger charge is 2.52. The number of rotatable bonds is 4. The van der Waals surface area contributed by atoms with Crippen molar-refractivity contribution in [3.05, 3.63) is 0 Å². The van der Waals surface area contributed by atoms with Crippen LogP contribution >= 0.6 is 0 Å². The molecule has 6 heteroatoms. The lowest BCUT2D eigenvalue weighted by molar-refractivity contribution is -0.146. The fourth-order valence-corrected chi connectivity index (χ4v) is 3.62. The molecule has 0 spiro atoms. The lowest BCUT2D eigenvalue weighted by atomic mass is 9.89. The molecule has 0 bridgehead atoms. The predicted molar refractivity (Wildman–Crippen MR) is 77.5 cm³/mol. The van der Waals surface area contributed by atoms with Crippen LogP contribution in [0.3, 0.4) is 0 Å². The summed E-state index contributed by atoms with van der Waals surface area (Å²) in [6.45, 7) is 4.55. The molecule has 118 valence electrons. The van der Waals surface area contributed by atoms with Gasteiger partial charge < -0.3 is 15.3 Å². The van der Waals surface area contributed by atoms with E-state index in [9.17, 15) is 14.7 Å². The molecule has 6 nitrogen and oxygen atoms in total. The number of aliphatic hydroxyl groups is 1. The second-order valence-corrected chi connectivity index (χ2v) is 6.90. The molecule has 1 unspecified atom stereocenters. The molecular weight excluding hydrogens is 270 g/mol. The summed E-state index contributed by atoms with van der Waals surface area (Å²) in [5.74, 6) is 0.539. The van der Waals surface area contributed by atoms with Crippen LogP contribution < -0.4 is 5.32 Å². The van der Waals surface area contributed by atoms with Crippen LogP contribution in [0.25, 0.3) is 0 Å². The number of likely N-dealkylation sites (tertiary alicyclic amines) is 2. The molecule has 3 fully saturated rings. The minimum absolute atomic E-state index is 0.0356. The average molecular weight is 295 g/mol. The molecule has 21 heavy (non-hydrogen) atoms. The zero-order valence-corrected chi connectivity index (χ0v) is 12.7. The molecule has 0 aromatic heterocycles. The molecule has 3 aliphatic rings. The van der Waals surface area contributed by atoms with Gasteiger partial charge in [0.2, 0.25) is 11.8 Å². The molecule has 2 aliphatic heterocycles. The normalized spacial score (nSPS) is 28.9. The molecule has 3 rings (SSSR count). The first-order chi connectivity index (χ1) is 9.96. The molecule has 0 aromatic rings. The summed E-state index contributed by atoms with van der Waals surface area (Å²) in [5.41, 5.74) is -0.527. The lowest BCUT2D eigenvalue weighted by Gasteiger charge is -2.47. The minimum atomic E-state index is -0.527. The van der Waals surface area contributed by atoms with E-state index in [-0.39, 0.29) is 17.9 Å². The van der Waals surface area contributed by atoms with Crippen LogP contribution in [0.5, 0.6) is 0 Å². The van der Waals surface area contributed by atoms with E-state index < -0.39 is 5.60 Å². The van der Waals surface area contributed by atoms with Crippen molar-refractivity contribution in [1.82, 2.24) is 15.1 Å². The van der Waals surface area contributed by atoms with Gasteiger partial charge in [-0.05, 0) is 31.6 Å². The number of carbonyl (C=O) groups is 2. The summed E-state index contributed by atoms with van der Waals surface area (Å²) in [4.78, 5) is 27.3. The van der Waals surface area contributed by atoms with Gasteiger partial charge in [0.05, 0.1) is 12.1 Å². The fraction of sp³-hybridized carbons (Fsp3) is 0.867. The smallest absolute Gasteiger partial charge is 0.236 e. The fourth-order valence-electron chi connectivity index (χ4n) is 3.62. The molecule has 0 aromatic carbocycles. The van der Waals surface area contributed by atoms with Crippen molar-refractivity contribution in [3.8, 4) is 0 Å². The molecule has 1 atom stereocenters. The van der Waals surface area contributed by atoms with Gasteiger partial charge in [-0.25, -0.2) is 0 Å². The number of hydrogen-bond acceptors (Lipinski definition) is 4. The van der Waals surface area contributed by atoms with E-state index >= 15 is 0 Å². The van der Waals surface area contributed by atoms with Crippen LogP contribution in [-0.4, -0.2) is 71.1 Å². The number of amides is 2. The van der Waals surface area contributed by atoms with E-state index in [4.69, 9.17) is 0 Å². The van der Waals surface area contributed by atoms with Crippen molar-refractivity contribution in [1.29, 1.82) is 0 Å². The van der Waals surface area contributed by atoms with Gasteiger partial charge in [0.25, 0.3) is 0 Å². The Morgan fingerprint density at radius 1 is 1.29 bits per heavy atom. The number of β-amino-alcohol motifs (C(OH)–C–C–N with tert-alkyl or cyclic N) is 1. The van der Waals surface area contributed by atoms with E-state index in [1.807, 2.05) is 9.80 Å². The molecule has 2 heterocycles. The number of nitrogens with zero attached hydrogens (tertiary/aromatic N) is 2. The Kier molecular flexibility index (Phi) is 3.92. The van der Waals surface area contributed by atoms with Crippen LogP contribution in [0.2, 0.25) is 0 Å². The Hall–Kier alpha value is -1.14. The van der Waals surface area contributed by atoms with Crippen LogP contribution in [-0.2, 0) is 9.59 Å². The summed E-state index contributed by atoms with van der Waals surface area (Å²) in [7, 11) is 0. The van der Waals surface area contributed by atoms with E-state index in [0.717, 1.165) is 32.2 Å². The van der Waals surface area contributed by atoms with Crippen molar-refractivity contribution in [2.24, 2.45) is 5.92 Å². The van der Waals surface area contributed by atoms with E-state index in [2.05, 4.69) is 5.32 Å². The second-order valence-electron chi connectivity index (χ2n) is 6.90. The van der Waals surface area contributed by atoms with Crippen molar-refractivity contribution >= 4 is 11.8 Å². The van der Waals surface area contributed by atoms with Crippen molar-refractivity contribution in [3.63, 3.8) is 0 Å². The topological polar surface area (TPSA) is 72.9 Å². The largest absolute Gasteiger partial charge is 0.387 e. The predicted octanol–water partition coefficient (Wildman–Crippen LogP) is -0.430. The summed E-state index contributed by atoms with van der Waals surface area (Å²) in [6.07, 6.45) is 4.13. The molecule has 2 saturated heterocycles. The second kappa shape index (κ2) is 5.57. The summed E-state index contributed by atoms with van der Waals surface area (Å²) >= 11 is 0. The first-order valence-electron chi connectivity index (χ1n) is 7.96. The molecule has 1 aliphatic carbocycles. The van der Waals surface area contributed by atoms with Crippen LogP contribution in [0.15, 0.2) is 0 Å². The van der Waals surface area contributed by atoms with Gasteiger partial charge in [0.15, 0.2) is 0 Å². The standard InChI is InChI=1S/C15H25N3O3/c1-11(19)16-13-3-2-6-18(7-13)14(20)8-17-9-15(21,10-17)12-4-5-12/h12-13,21H,2-10H2,1H3,(H,16,19).